The number of thioether (sulfide) groups is 1. The molecule has 0 atom stereocenters. The second-order valence-electron chi connectivity index (χ2n) is 5.42. The van der Waals surface area contributed by atoms with Gasteiger partial charge < -0.3 is 10.1 Å². The maximum atomic E-state index is 12.3. The lowest BCUT2D eigenvalue weighted by Crippen LogP contribution is -2.13. The van der Waals surface area contributed by atoms with Crippen LogP contribution >= 0.6 is 34.4 Å². The van der Waals surface area contributed by atoms with Crippen molar-refractivity contribution in [2.24, 2.45) is 0 Å². The van der Waals surface area contributed by atoms with Crippen LogP contribution in [0.4, 0.5) is 5.13 Å². The third kappa shape index (κ3) is 4.10. The summed E-state index contributed by atoms with van der Waals surface area (Å²) in [6.45, 7) is 0. The van der Waals surface area contributed by atoms with Gasteiger partial charge in [-0.25, -0.2) is 15.0 Å². The molecular formula is C18H14N4O2S3. The van der Waals surface area contributed by atoms with Gasteiger partial charge in [-0.05, 0) is 35.7 Å². The minimum absolute atomic E-state index is 0.112. The first kappa shape index (κ1) is 17.9. The highest BCUT2D eigenvalue weighted by Gasteiger charge is 2.11. The molecule has 0 aliphatic carbocycles. The van der Waals surface area contributed by atoms with Gasteiger partial charge in [0.05, 0.1) is 28.8 Å². The lowest BCUT2D eigenvalue weighted by molar-refractivity contribution is -0.113. The summed E-state index contributed by atoms with van der Waals surface area (Å²) >= 11 is 4.38. The number of ether oxygens (including phenoxy) is 1. The summed E-state index contributed by atoms with van der Waals surface area (Å²) in [4.78, 5) is 25.2. The monoisotopic (exact) mass is 414 g/mol. The van der Waals surface area contributed by atoms with Crippen LogP contribution in [0.2, 0.25) is 0 Å². The Morgan fingerprint density at radius 3 is 2.85 bits per heavy atom. The van der Waals surface area contributed by atoms with Crippen LogP contribution in [-0.4, -0.2) is 33.7 Å². The van der Waals surface area contributed by atoms with E-state index in [1.165, 1.54) is 29.4 Å². The number of rotatable bonds is 6. The van der Waals surface area contributed by atoms with Crippen molar-refractivity contribution in [2.75, 3.05) is 18.2 Å². The topological polar surface area (TPSA) is 77.0 Å². The van der Waals surface area contributed by atoms with E-state index in [1.54, 1.807) is 18.4 Å². The number of benzene rings is 1. The van der Waals surface area contributed by atoms with Crippen LogP contribution in [0.25, 0.3) is 21.5 Å². The fourth-order valence-electron chi connectivity index (χ4n) is 2.38. The molecule has 4 rings (SSSR count). The van der Waals surface area contributed by atoms with Gasteiger partial charge in [0.15, 0.2) is 5.13 Å². The molecule has 0 spiro atoms. The average Bonchev–Trinajstić information content (AvgIpc) is 3.36. The quantitative estimate of drug-likeness (QED) is 0.368. The van der Waals surface area contributed by atoms with E-state index < -0.39 is 0 Å². The molecule has 0 saturated heterocycles. The molecule has 1 amide bonds. The highest BCUT2D eigenvalue weighted by molar-refractivity contribution is 8.00. The molecule has 0 aliphatic rings. The summed E-state index contributed by atoms with van der Waals surface area (Å²) in [5.41, 5.74) is 2.70. The molecule has 136 valence electrons. The van der Waals surface area contributed by atoms with Crippen molar-refractivity contribution in [1.82, 2.24) is 15.0 Å². The number of hydrogen-bond acceptors (Lipinski definition) is 8. The van der Waals surface area contributed by atoms with Gasteiger partial charge in [-0.3, -0.25) is 4.79 Å². The summed E-state index contributed by atoms with van der Waals surface area (Å²) < 4.78 is 6.17. The number of aromatic nitrogens is 3. The predicted octanol–water partition coefficient (Wildman–Crippen LogP) is 4.55. The molecule has 3 heterocycles. The Bertz CT molecular complexity index is 1080. The molecule has 0 radical (unpaired) electrons. The van der Waals surface area contributed by atoms with Gasteiger partial charge in [0.1, 0.15) is 17.1 Å². The Morgan fingerprint density at radius 2 is 2.04 bits per heavy atom. The molecule has 9 heteroatoms. The van der Waals surface area contributed by atoms with Crippen LogP contribution in [0.3, 0.4) is 0 Å². The van der Waals surface area contributed by atoms with Crippen LogP contribution in [0, 0.1) is 0 Å². The molecule has 0 bridgehead atoms. The normalized spacial score (nSPS) is 10.9. The smallest absolute Gasteiger partial charge is 0.236 e. The second-order valence-corrected chi connectivity index (χ2v) is 8.16. The van der Waals surface area contributed by atoms with E-state index in [-0.39, 0.29) is 11.7 Å². The Morgan fingerprint density at radius 1 is 1.19 bits per heavy atom. The standard InChI is InChI=1S/C18H14N4O2S3/c1-24-12-4-2-11(3-5-12)14-8-27-18(21-14)22-15(23)9-26-17-16-13(6-7-25-16)19-10-20-17/h2-8,10H,9H2,1H3,(H,21,22,23). The van der Waals surface area contributed by atoms with Crippen molar-refractivity contribution in [3.05, 3.63) is 47.4 Å². The van der Waals surface area contributed by atoms with Gasteiger partial charge >= 0.3 is 0 Å². The molecule has 1 aromatic carbocycles. The molecule has 27 heavy (non-hydrogen) atoms. The number of carbonyl (C=O) groups excluding carboxylic acids is 1. The number of methoxy groups -OCH3 is 1. The Kier molecular flexibility index (Phi) is 5.33. The molecule has 1 N–H and O–H groups in total. The number of thiophene rings is 1. The van der Waals surface area contributed by atoms with Gasteiger partial charge in [-0.15, -0.1) is 22.7 Å². The van der Waals surface area contributed by atoms with E-state index in [4.69, 9.17) is 4.74 Å². The number of hydrogen-bond donors (Lipinski definition) is 1. The van der Waals surface area contributed by atoms with Crippen molar-refractivity contribution < 1.29 is 9.53 Å². The van der Waals surface area contributed by atoms with Crippen molar-refractivity contribution in [1.29, 1.82) is 0 Å². The van der Waals surface area contributed by atoms with E-state index in [1.807, 2.05) is 41.1 Å². The third-order valence-corrected chi connectivity index (χ3v) is 6.47. The molecule has 0 saturated carbocycles. The van der Waals surface area contributed by atoms with Crippen LogP contribution in [-0.2, 0) is 4.79 Å². The Hall–Kier alpha value is -2.49. The van der Waals surface area contributed by atoms with E-state index in [0.29, 0.717) is 5.13 Å². The van der Waals surface area contributed by atoms with E-state index in [9.17, 15) is 4.79 Å². The maximum Gasteiger partial charge on any atom is 0.236 e. The zero-order chi connectivity index (χ0) is 18.6. The summed E-state index contributed by atoms with van der Waals surface area (Å²) in [5.74, 6) is 0.949. The number of fused-ring (bicyclic) bond motifs is 1. The third-order valence-electron chi connectivity index (χ3n) is 3.69. The molecule has 0 fully saturated rings. The van der Waals surface area contributed by atoms with Crippen molar-refractivity contribution in [3.8, 4) is 17.0 Å². The lowest BCUT2D eigenvalue weighted by atomic mass is 10.2. The minimum atomic E-state index is -0.112. The lowest BCUT2D eigenvalue weighted by Gasteiger charge is -2.03. The van der Waals surface area contributed by atoms with Crippen molar-refractivity contribution >= 4 is 55.7 Å². The molecule has 0 aliphatic heterocycles. The zero-order valence-corrected chi connectivity index (χ0v) is 16.7. The van der Waals surface area contributed by atoms with E-state index in [2.05, 4.69) is 20.3 Å². The summed E-state index contributed by atoms with van der Waals surface area (Å²) in [6, 6.07) is 9.60. The number of carbonyl (C=O) groups is 1. The highest BCUT2D eigenvalue weighted by Crippen LogP contribution is 2.29. The number of thiazole rings is 1. The van der Waals surface area contributed by atoms with Crippen molar-refractivity contribution in [3.63, 3.8) is 0 Å². The largest absolute Gasteiger partial charge is 0.497 e. The minimum Gasteiger partial charge on any atom is -0.497 e. The molecular weight excluding hydrogens is 400 g/mol. The molecule has 3 aromatic heterocycles. The van der Waals surface area contributed by atoms with Crippen LogP contribution in [0.1, 0.15) is 0 Å². The summed E-state index contributed by atoms with van der Waals surface area (Å²) in [5, 5.41) is 8.14. The first-order valence-corrected chi connectivity index (χ1v) is 10.7. The van der Waals surface area contributed by atoms with Gasteiger partial charge in [0.25, 0.3) is 0 Å². The SMILES string of the molecule is COc1ccc(-c2csc(NC(=O)CSc3ncnc4ccsc34)n2)cc1. The van der Waals surface area contributed by atoms with Gasteiger partial charge in [-0.1, -0.05) is 11.8 Å². The highest BCUT2D eigenvalue weighted by atomic mass is 32.2. The van der Waals surface area contributed by atoms with Crippen LogP contribution in [0.15, 0.2) is 52.4 Å². The maximum absolute atomic E-state index is 12.3. The number of nitrogens with zero attached hydrogens (tertiary/aromatic N) is 3. The van der Waals surface area contributed by atoms with Crippen LogP contribution < -0.4 is 10.1 Å². The molecule has 4 aromatic rings. The molecule has 6 nitrogen and oxygen atoms in total. The zero-order valence-electron chi connectivity index (χ0n) is 14.2. The van der Waals surface area contributed by atoms with E-state index >= 15 is 0 Å². The van der Waals surface area contributed by atoms with Gasteiger partial charge in [-0.2, -0.15) is 0 Å². The number of nitrogens with one attached hydrogen (secondary N) is 1. The Labute approximate surface area is 167 Å². The average molecular weight is 415 g/mol. The first-order chi connectivity index (χ1) is 13.2. The Balaban J connectivity index is 1.38. The fourth-order valence-corrected chi connectivity index (χ4v) is 4.87. The van der Waals surface area contributed by atoms with Crippen LogP contribution in [0.5, 0.6) is 5.75 Å². The summed E-state index contributed by atoms with van der Waals surface area (Å²) in [7, 11) is 1.63. The van der Waals surface area contributed by atoms with E-state index in [0.717, 1.165) is 32.2 Å². The van der Waals surface area contributed by atoms with Crippen molar-refractivity contribution in [2.45, 2.75) is 5.03 Å². The predicted molar refractivity (Wildman–Crippen MR) is 111 cm³/mol. The second kappa shape index (κ2) is 8.03. The number of amides is 1. The fraction of sp³-hybridized carbons (Fsp3) is 0.111. The van der Waals surface area contributed by atoms with Gasteiger partial charge in [0, 0.05) is 10.9 Å². The number of anilines is 1. The van der Waals surface area contributed by atoms with Gasteiger partial charge in [0.2, 0.25) is 5.91 Å². The summed E-state index contributed by atoms with van der Waals surface area (Å²) in [6.07, 6.45) is 1.53. The first-order valence-electron chi connectivity index (χ1n) is 7.94. The molecule has 0 unspecified atom stereocenters.